The van der Waals surface area contributed by atoms with Crippen molar-refractivity contribution in [3.05, 3.63) is 34.3 Å². The number of amides is 1. The lowest BCUT2D eigenvalue weighted by molar-refractivity contribution is -0.131. The Balaban J connectivity index is 2.96. The fourth-order valence-electron chi connectivity index (χ4n) is 1.13. The smallest absolute Gasteiger partial charge is 0.249 e. The van der Waals surface area contributed by atoms with Crippen LogP contribution >= 0.6 is 11.6 Å². The van der Waals surface area contributed by atoms with E-state index in [1.807, 2.05) is 6.92 Å². The molecule has 4 nitrogen and oxygen atoms in total. The number of aryl methyl sites for hydroxylation is 1. The molecule has 15 heavy (non-hydrogen) atoms. The van der Waals surface area contributed by atoms with E-state index in [1.165, 1.54) is 6.07 Å². The quantitative estimate of drug-likeness (QED) is 0.707. The first-order valence-corrected chi connectivity index (χ1v) is 4.72. The van der Waals surface area contributed by atoms with E-state index >= 15 is 0 Å². The highest BCUT2D eigenvalue weighted by Crippen LogP contribution is 2.23. The third kappa shape index (κ3) is 2.68. The third-order valence-electron chi connectivity index (χ3n) is 2.13. The van der Waals surface area contributed by atoms with Gasteiger partial charge >= 0.3 is 0 Å². The zero-order valence-electron chi connectivity index (χ0n) is 8.14. The number of aliphatic hydroxyl groups excluding tert-OH is 2. The van der Waals surface area contributed by atoms with Crippen LogP contribution in [0.4, 0.5) is 0 Å². The van der Waals surface area contributed by atoms with Crippen LogP contribution in [0.25, 0.3) is 0 Å². The molecular formula is C10H12ClNO3. The van der Waals surface area contributed by atoms with Gasteiger partial charge in [0.1, 0.15) is 6.10 Å². The minimum atomic E-state index is -1.62. The predicted molar refractivity (Wildman–Crippen MR) is 56.4 cm³/mol. The molecule has 0 aliphatic rings. The lowest BCUT2D eigenvalue weighted by atomic mass is 10.0. The SMILES string of the molecule is Cc1ccc(C(O)C(O)C(N)=O)cc1Cl. The third-order valence-corrected chi connectivity index (χ3v) is 2.54. The number of rotatable bonds is 3. The molecule has 1 amide bonds. The van der Waals surface area contributed by atoms with E-state index in [1.54, 1.807) is 12.1 Å². The molecule has 1 aromatic carbocycles. The van der Waals surface area contributed by atoms with Gasteiger partial charge in [0.25, 0.3) is 0 Å². The Labute approximate surface area is 92.3 Å². The average Bonchev–Trinajstić information content (AvgIpc) is 2.19. The van der Waals surface area contributed by atoms with Crippen LogP contribution in [0, 0.1) is 6.92 Å². The number of hydrogen-bond donors (Lipinski definition) is 3. The van der Waals surface area contributed by atoms with E-state index in [0.717, 1.165) is 5.56 Å². The number of aliphatic hydroxyl groups is 2. The minimum absolute atomic E-state index is 0.358. The Bertz CT molecular complexity index is 381. The van der Waals surface area contributed by atoms with Gasteiger partial charge in [0.2, 0.25) is 5.91 Å². The summed E-state index contributed by atoms with van der Waals surface area (Å²) < 4.78 is 0. The van der Waals surface area contributed by atoms with Crippen LogP contribution in [-0.2, 0) is 4.79 Å². The number of benzene rings is 1. The van der Waals surface area contributed by atoms with Gasteiger partial charge in [-0.1, -0.05) is 23.7 Å². The van der Waals surface area contributed by atoms with Crippen molar-refractivity contribution in [2.24, 2.45) is 5.73 Å². The number of carbonyl (C=O) groups is 1. The molecule has 0 aliphatic heterocycles. The molecule has 0 heterocycles. The molecule has 0 radical (unpaired) electrons. The van der Waals surface area contributed by atoms with E-state index in [9.17, 15) is 15.0 Å². The summed E-state index contributed by atoms with van der Waals surface area (Å²) in [5.74, 6) is -0.973. The summed E-state index contributed by atoms with van der Waals surface area (Å²) in [6.07, 6.45) is -2.97. The zero-order chi connectivity index (χ0) is 11.6. The Hall–Kier alpha value is -1.10. The van der Waals surface area contributed by atoms with Crippen molar-refractivity contribution < 1.29 is 15.0 Å². The van der Waals surface area contributed by atoms with Crippen LogP contribution < -0.4 is 5.73 Å². The number of halogens is 1. The molecule has 0 aromatic heterocycles. The van der Waals surface area contributed by atoms with E-state index in [-0.39, 0.29) is 0 Å². The molecule has 0 saturated heterocycles. The molecule has 82 valence electrons. The Kier molecular flexibility index (Phi) is 3.68. The summed E-state index contributed by atoms with van der Waals surface area (Å²) >= 11 is 5.83. The van der Waals surface area contributed by atoms with Gasteiger partial charge in [-0.05, 0) is 24.1 Å². The monoisotopic (exact) mass is 229 g/mol. The number of hydrogen-bond acceptors (Lipinski definition) is 3. The summed E-state index contributed by atoms with van der Waals surface area (Å²) in [5, 5.41) is 19.3. The summed E-state index contributed by atoms with van der Waals surface area (Å²) in [4.78, 5) is 10.6. The molecule has 0 bridgehead atoms. The molecule has 0 fully saturated rings. The number of carbonyl (C=O) groups excluding carboxylic acids is 1. The highest BCUT2D eigenvalue weighted by molar-refractivity contribution is 6.31. The lowest BCUT2D eigenvalue weighted by Gasteiger charge is -2.15. The molecule has 2 unspecified atom stereocenters. The summed E-state index contributed by atoms with van der Waals surface area (Å²) in [6.45, 7) is 1.81. The van der Waals surface area contributed by atoms with E-state index < -0.39 is 18.1 Å². The summed E-state index contributed by atoms with van der Waals surface area (Å²) in [7, 11) is 0. The number of nitrogens with two attached hydrogens (primary N) is 1. The first-order chi connectivity index (χ1) is 6.93. The first-order valence-electron chi connectivity index (χ1n) is 4.35. The summed E-state index contributed by atoms with van der Waals surface area (Å²) in [5.41, 5.74) is 6.07. The van der Waals surface area contributed by atoms with Gasteiger partial charge < -0.3 is 15.9 Å². The second kappa shape index (κ2) is 4.61. The Morgan fingerprint density at radius 2 is 2.07 bits per heavy atom. The first kappa shape index (κ1) is 12.0. The molecule has 4 N–H and O–H groups in total. The molecule has 0 saturated carbocycles. The maximum atomic E-state index is 10.6. The zero-order valence-corrected chi connectivity index (χ0v) is 8.90. The van der Waals surface area contributed by atoms with E-state index in [2.05, 4.69) is 0 Å². The maximum absolute atomic E-state index is 10.6. The Morgan fingerprint density at radius 3 is 2.53 bits per heavy atom. The van der Waals surface area contributed by atoms with Crippen molar-refractivity contribution in [3.63, 3.8) is 0 Å². The van der Waals surface area contributed by atoms with Gasteiger partial charge in [0.05, 0.1) is 0 Å². The highest BCUT2D eigenvalue weighted by Gasteiger charge is 2.23. The molecule has 5 heteroatoms. The van der Waals surface area contributed by atoms with Crippen molar-refractivity contribution in [1.29, 1.82) is 0 Å². The van der Waals surface area contributed by atoms with Crippen LogP contribution in [0.3, 0.4) is 0 Å². The van der Waals surface area contributed by atoms with Gasteiger partial charge in [-0.25, -0.2) is 0 Å². The maximum Gasteiger partial charge on any atom is 0.249 e. The van der Waals surface area contributed by atoms with Crippen LogP contribution in [-0.4, -0.2) is 22.2 Å². The van der Waals surface area contributed by atoms with Crippen LogP contribution in [0.15, 0.2) is 18.2 Å². The van der Waals surface area contributed by atoms with Gasteiger partial charge in [-0.3, -0.25) is 4.79 Å². The molecule has 0 spiro atoms. The molecule has 1 rings (SSSR count). The molecule has 1 aromatic rings. The van der Waals surface area contributed by atoms with Crippen molar-refractivity contribution >= 4 is 17.5 Å². The van der Waals surface area contributed by atoms with Crippen molar-refractivity contribution in [3.8, 4) is 0 Å². The molecule has 0 aliphatic carbocycles. The minimum Gasteiger partial charge on any atom is -0.385 e. The second-order valence-electron chi connectivity index (χ2n) is 3.30. The fourth-order valence-corrected chi connectivity index (χ4v) is 1.32. The predicted octanol–water partition coefficient (Wildman–Crippen LogP) is 0.528. The largest absolute Gasteiger partial charge is 0.385 e. The van der Waals surface area contributed by atoms with E-state index in [4.69, 9.17) is 17.3 Å². The Morgan fingerprint density at radius 1 is 1.47 bits per heavy atom. The van der Waals surface area contributed by atoms with Crippen molar-refractivity contribution in [1.82, 2.24) is 0 Å². The summed E-state index contributed by atoms with van der Waals surface area (Å²) in [6, 6.07) is 4.76. The normalized spacial score (nSPS) is 14.7. The topological polar surface area (TPSA) is 83.6 Å². The lowest BCUT2D eigenvalue weighted by Crippen LogP contribution is -2.33. The fraction of sp³-hybridized carbons (Fsp3) is 0.300. The highest BCUT2D eigenvalue weighted by atomic mass is 35.5. The van der Waals surface area contributed by atoms with Gasteiger partial charge in [0, 0.05) is 5.02 Å². The number of primary amides is 1. The molecule has 2 atom stereocenters. The van der Waals surface area contributed by atoms with Crippen LogP contribution in [0.2, 0.25) is 5.02 Å². The van der Waals surface area contributed by atoms with Crippen LogP contribution in [0.5, 0.6) is 0 Å². The molecular weight excluding hydrogens is 218 g/mol. The van der Waals surface area contributed by atoms with Gasteiger partial charge in [-0.15, -0.1) is 0 Å². The second-order valence-corrected chi connectivity index (χ2v) is 3.71. The standard InChI is InChI=1S/C10H12ClNO3/c1-5-2-3-6(4-7(5)11)8(13)9(14)10(12)15/h2-4,8-9,13-14H,1H3,(H2,12,15). The van der Waals surface area contributed by atoms with Crippen molar-refractivity contribution in [2.75, 3.05) is 0 Å². The van der Waals surface area contributed by atoms with Crippen molar-refractivity contribution in [2.45, 2.75) is 19.1 Å². The average molecular weight is 230 g/mol. The van der Waals surface area contributed by atoms with Crippen LogP contribution in [0.1, 0.15) is 17.2 Å². The van der Waals surface area contributed by atoms with Gasteiger partial charge in [0.15, 0.2) is 6.10 Å². The van der Waals surface area contributed by atoms with E-state index in [0.29, 0.717) is 10.6 Å². The van der Waals surface area contributed by atoms with Gasteiger partial charge in [-0.2, -0.15) is 0 Å².